The van der Waals surface area contributed by atoms with E-state index in [1.54, 1.807) is 29.9 Å². The van der Waals surface area contributed by atoms with E-state index in [9.17, 15) is 10.1 Å². The molecule has 7 heteroatoms. The van der Waals surface area contributed by atoms with Crippen LogP contribution in [-0.2, 0) is 12.8 Å². The number of nitro groups is 1. The number of para-hydroxylation sites is 1. The van der Waals surface area contributed by atoms with Gasteiger partial charge in [-0.15, -0.1) is 11.8 Å². The number of aromatic nitrogens is 2. The summed E-state index contributed by atoms with van der Waals surface area (Å²) < 4.78 is 1.60. The summed E-state index contributed by atoms with van der Waals surface area (Å²) in [4.78, 5) is 11.2. The Labute approximate surface area is 119 Å². The van der Waals surface area contributed by atoms with Crippen molar-refractivity contribution < 1.29 is 4.92 Å². The highest BCUT2D eigenvalue weighted by atomic mass is 35.5. The normalized spacial score (nSPS) is 10.7. The highest BCUT2D eigenvalue weighted by Crippen LogP contribution is 2.33. The van der Waals surface area contributed by atoms with Gasteiger partial charge in [-0.3, -0.25) is 14.8 Å². The van der Waals surface area contributed by atoms with Crippen LogP contribution in [-0.4, -0.2) is 14.7 Å². The van der Waals surface area contributed by atoms with Crippen LogP contribution in [0.3, 0.4) is 0 Å². The number of aryl methyl sites for hydroxylation is 2. The first-order chi connectivity index (χ1) is 9.00. The maximum atomic E-state index is 10.9. The Hall–Kier alpha value is -1.53. The molecular weight excluding hydrogens is 286 g/mol. The maximum Gasteiger partial charge on any atom is 0.282 e. The van der Waals surface area contributed by atoms with E-state index in [2.05, 4.69) is 5.10 Å². The van der Waals surface area contributed by atoms with Gasteiger partial charge in [0.1, 0.15) is 5.15 Å². The predicted molar refractivity (Wildman–Crippen MR) is 75.6 cm³/mol. The molecule has 0 N–H and O–H groups in total. The number of nitrogens with zero attached hydrogens (tertiary/aromatic N) is 3. The molecule has 0 aliphatic carbocycles. The SMILES string of the molecule is Cc1nn(C)c(Cl)c1CSc1ccccc1[N+](=O)[O-]. The molecule has 0 aliphatic heterocycles. The largest absolute Gasteiger partial charge is 0.282 e. The van der Waals surface area contributed by atoms with Crippen molar-refractivity contribution in [1.82, 2.24) is 9.78 Å². The van der Waals surface area contributed by atoms with E-state index >= 15 is 0 Å². The lowest BCUT2D eigenvalue weighted by atomic mass is 10.3. The van der Waals surface area contributed by atoms with Crippen LogP contribution in [0.1, 0.15) is 11.3 Å². The number of benzene rings is 1. The molecule has 0 fully saturated rings. The van der Waals surface area contributed by atoms with Crippen molar-refractivity contribution in [1.29, 1.82) is 0 Å². The van der Waals surface area contributed by atoms with Gasteiger partial charge in [-0.1, -0.05) is 23.7 Å². The maximum absolute atomic E-state index is 10.9. The van der Waals surface area contributed by atoms with Gasteiger partial charge in [0.25, 0.3) is 5.69 Å². The highest BCUT2D eigenvalue weighted by Gasteiger charge is 2.16. The fraction of sp³-hybridized carbons (Fsp3) is 0.250. The third-order valence-electron chi connectivity index (χ3n) is 2.70. The Balaban J connectivity index is 2.22. The monoisotopic (exact) mass is 297 g/mol. The molecule has 1 aromatic carbocycles. The molecule has 0 aliphatic rings. The molecule has 0 unspecified atom stereocenters. The first kappa shape index (κ1) is 13.9. The van der Waals surface area contributed by atoms with Crippen LogP contribution in [0.15, 0.2) is 29.2 Å². The quantitative estimate of drug-likeness (QED) is 0.491. The Bertz CT molecular complexity index is 627. The molecule has 2 rings (SSSR count). The summed E-state index contributed by atoms with van der Waals surface area (Å²) in [6, 6.07) is 6.68. The van der Waals surface area contributed by atoms with Crippen LogP contribution >= 0.6 is 23.4 Å². The highest BCUT2D eigenvalue weighted by molar-refractivity contribution is 7.98. The standard InChI is InChI=1S/C12H12ClN3O2S/c1-8-9(12(13)15(2)14-8)7-19-11-6-4-3-5-10(11)16(17)18/h3-6H,7H2,1-2H3. The van der Waals surface area contributed by atoms with Crippen LogP contribution < -0.4 is 0 Å². The fourth-order valence-electron chi connectivity index (χ4n) is 1.72. The van der Waals surface area contributed by atoms with Crippen molar-refractivity contribution in [2.75, 3.05) is 0 Å². The molecule has 1 aromatic heterocycles. The van der Waals surface area contributed by atoms with Gasteiger partial charge in [0.2, 0.25) is 0 Å². The molecule has 1 heterocycles. The zero-order valence-corrected chi connectivity index (χ0v) is 12.0. The number of hydrogen-bond acceptors (Lipinski definition) is 4. The molecule has 19 heavy (non-hydrogen) atoms. The molecule has 2 aromatic rings. The number of thioether (sulfide) groups is 1. The second-order valence-corrected chi connectivity index (χ2v) is 5.37. The van der Waals surface area contributed by atoms with Crippen LogP contribution in [0.5, 0.6) is 0 Å². The van der Waals surface area contributed by atoms with Gasteiger partial charge in [-0.25, -0.2) is 0 Å². The van der Waals surface area contributed by atoms with Gasteiger partial charge in [-0.05, 0) is 13.0 Å². The average molecular weight is 298 g/mol. The van der Waals surface area contributed by atoms with Crippen molar-refractivity contribution >= 4 is 29.1 Å². The molecule has 0 atom stereocenters. The van der Waals surface area contributed by atoms with Gasteiger partial charge in [-0.2, -0.15) is 5.10 Å². The molecule has 5 nitrogen and oxygen atoms in total. The van der Waals surface area contributed by atoms with Crippen LogP contribution in [0.2, 0.25) is 5.15 Å². The van der Waals surface area contributed by atoms with E-state index < -0.39 is 0 Å². The Morgan fingerprint density at radius 2 is 2.16 bits per heavy atom. The van der Waals surface area contributed by atoms with Gasteiger partial charge in [0, 0.05) is 24.4 Å². The second-order valence-electron chi connectivity index (χ2n) is 3.99. The first-order valence-corrected chi connectivity index (χ1v) is 6.91. The lowest BCUT2D eigenvalue weighted by Gasteiger charge is -2.03. The van der Waals surface area contributed by atoms with E-state index in [0.29, 0.717) is 15.8 Å². The van der Waals surface area contributed by atoms with Crippen molar-refractivity contribution in [2.45, 2.75) is 17.6 Å². The Morgan fingerprint density at radius 1 is 1.47 bits per heavy atom. The molecule has 0 radical (unpaired) electrons. The minimum atomic E-state index is -0.375. The minimum Gasteiger partial charge on any atom is -0.258 e. The molecule has 0 saturated carbocycles. The smallest absolute Gasteiger partial charge is 0.258 e. The van der Waals surface area contributed by atoms with Crippen molar-refractivity contribution in [2.24, 2.45) is 7.05 Å². The zero-order chi connectivity index (χ0) is 14.0. The zero-order valence-electron chi connectivity index (χ0n) is 10.5. The first-order valence-electron chi connectivity index (χ1n) is 5.55. The lowest BCUT2D eigenvalue weighted by molar-refractivity contribution is -0.387. The van der Waals surface area contributed by atoms with Crippen LogP contribution in [0.25, 0.3) is 0 Å². The third-order valence-corrected chi connectivity index (χ3v) is 4.27. The Morgan fingerprint density at radius 3 is 2.74 bits per heavy atom. The minimum absolute atomic E-state index is 0.116. The summed E-state index contributed by atoms with van der Waals surface area (Å²) >= 11 is 7.53. The molecule has 0 spiro atoms. The van der Waals surface area contributed by atoms with E-state index in [1.807, 2.05) is 6.92 Å². The van der Waals surface area contributed by atoms with Gasteiger partial charge < -0.3 is 0 Å². The molecule has 0 saturated heterocycles. The summed E-state index contributed by atoms with van der Waals surface area (Å²) in [5.74, 6) is 0.559. The van der Waals surface area contributed by atoms with Crippen molar-refractivity contribution in [3.8, 4) is 0 Å². The van der Waals surface area contributed by atoms with Gasteiger partial charge >= 0.3 is 0 Å². The number of hydrogen-bond donors (Lipinski definition) is 0. The van der Waals surface area contributed by atoms with Crippen LogP contribution in [0, 0.1) is 17.0 Å². The fourth-order valence-corrected chi connectivity index (χ4v) is 3.15. The van der Waals surface area contributed by atoms with E-state index in [1.165, 1.54) is 17.8 Å². The van der Waals surface area contributed by atoms with Crippen molar-refractivity contribution in [3.63, 3.8) is 0 Å². The molecular formula is C12H12ClN3O2S. The van der Waals surface area contributed by atoms with Crippen LogP contribution in [0.4, 0.5) is 5.69 Å². The average Bonchev–Trinajstić information content (AvgIpc) is 2.61. The van der Waals surface area contributed by atoms with Gasteiger partial charge in [0.05, 0.1) is 15.5 Å². The summed E-state index contributed by atoms with van der Waals surface area (Å²) in [6.45, 7) is 1.88. The summed E-state index contributed by atoms with van der Waals surface area (Å²) in [6.07, 6.45) is 0. The number of halogens is 1. The molecule has 0 bridgehead atoms. The van der Waals surface area contributed by atoms with E-state index in [-0.39, 0.29) is 10.6 Å². The molecule has 0 amide bonds. The van der Waals surface area contributed by atoms with Crippen molar-refractivity contribution in [3.05, 3.63) is 50.8 Å². The topological polar surface area (TPSA) is 61.0 Å². The third kappa shape index (κ3) is 2.90. The van der Waals surface area contributed by atoms with E-state index in [0.717, 1.165) is 11.3 Å². The lowest BCUT2D eigenvalue weighted by Crippen LogP contribution is -1.91. The number of rotatable bonds is 4. The molecule has 100 valence electrons. The second kappa shape index (κ2) is 5.63. The number of nitro benzene ring substituents is 1. The Kier molecular flexibility index (Phi) is 4.11. The summed E-state index contributed by atoms with van der Waals surface area (Å²) in [5, 5.41) is 15.7. The summed E-state index contributed by atoms with van der Waals surface area (Å²) in [5.41, 5.74) is 1.87. The van der Waals surface area contributed by atoms with Gasteiger partial charge in [0.15, 0.2) is 0 Å². The predicted octanol–water partition coefficient (Wildman–Crippen LogP) is 3.58. The summed E-state index contributed by atoms with van der Waals surface area (Å²) in [7, 11) is 1.77. The van der Waals surface area contributed by atoms with E-state index in [4.69, 9.17) is 11.6 Å².